The highest BCUT2D eigenvalue weighted by Gasteiger charge is 2.40. The maximum Gasteiger partial charge on any atom is 0.251 e. The fourth-order valence-electron chi connectivity index (χ4n) is 2.40. The van der Waals surface area contributed by atoms with E-state index in [4.69, 9.17) is 4.74 Å². The average molecular weight is 290 g/mol. The topological polar surface area (TPSA) is 58.6 Å². The fourth-order valence-corrected chi connectivity index (χ4v) is 2.40. The van der Waals surface area contributed by atoms with Gasteiger partial charge in [-0.25, -0.2) is 4.90 Å². The van der Waals surface area contributed by atoms with Crippen molar-refractivity contribution >= 4 is 17.5 Å². The number of hydrogen-bond acceptors (Lipinski definition) is 4. The molecule has 1 unspecified atom stereocenters. The van der Waals surface area contributed by atoms with Crippen molar-refractivity contribution in [2.75, 3.05) is 11.5 Å². The van der Waals surface area contributed by atoms with Gasteiger partial charge in [-0.1, -0.05) is 0 Å². The molecule has 0 bridgehead atoms. The van der Waals surface area contributed by atoms with Crippen LogP contribution in [0.4, 0.5) is 5.69 Å². The largest absolute Gasteiger partial charge is 0.494 e. The van der Waals surface area contributed by atoms with Gasteiger partial charge < -0.3 is 10.1 Å². The van der Waals surface area contributed by atoms with Crippen LogP contribution in [0.5, 0.6) is 5.75 Å². The van der Waals surface area contributed by atoms with Gasteiger partial charge in [-0.3, -0.25) is 9.59 Å². The summed E-state index contributed by atoms with van der Waals surface area (Å²) in [5, 5.41) is 3.19. The lowest BCUT2D eigenvalue weighted by atomic mass is 10.1. The molecule has 0 spiro atoms. The zero-order valence-electron chi connectivity index (χ0n) is 13.0. The zero-order chi connectivity index (χ0) is 15.6. The van der Waals surface area contributed by atoms with E-state index in [0.29, 0.717) is 12.3 Å². The molecule has 1 heterocycles. The van der Waals surface area contributed by atoms with Gasteiger partial charge in [0.1, 0.15) is 5.75 Å². The maximum absolute atomic E-state index is 12.4. The van der Waals surface area contributed by atoms with Gasteiger partial charge in [0.05, 0.1) is 24.8 Å². The molecule has 0 aliphatic carbocycles. The van der Waals surface area contributed by atoms with Crippen molar-refractivity contribution in [2.24, 2.45) is 0 Å². The van der Waals surface area contributed by atoms with Gasteiger partial charge >= 0.3 is 0 Å². The van der Waals surface area contributed by atoms with Crippen LogP contribution in [0.2, 0.25) is 0 Å². The predicted molar refractivity (Wildman–Crippen MR) is 81.4 cm³/mol. The first kappa shape index (κ1) is 15.5. The molecule has 1 aromatic rings. The van der Waals surface area contributed by atoms with E-state index in [1.54, 1.807) is 24.3 Å². The summed E-state index contributed by atoms with van der Waals surface area (Å²) in [5.74, 6) is 0.356. The Morgan fingerprint density at radius 1 is 1.24 bits per heavy atom. The second-order valence-corrected chi connectivity index (χ2v) is 6.15. The van der Waals surface area contributed by atoms with E-state index >= 15 is 0 Å². The van der Waals surface area contributed by atoms with Crippen LogP contribution in [0.1, 0.15) is 34.1 Å². The van der Waals surface area contributed by atoms with Gasteiger partial charge in [-0.05, 0) is 52.0 Å². The number of nitrogens with one attached hydrogen (secondary N) is 1. The van der Waals surface area contributed by atoms with Crippen LogP contribution in [0.25, 0.3) is 0 Å². The summed E-state index contributed by atoms with van der Waals surface area (Å²) < 4.78 is 5.36. The first-order valence-electron chi connectivity index (χ1n) is 7.19. The van der Waals surface area contributed by atoms with Crippen LogP contribution in [0.3, 0.4) is 0 Å². The lowest BCUT2D eigenvalue weighted by Gasteiger charge is -2.24. The summed E-state index contributed by atoms with van der Waals surface area (Å²) in [6, 6.07) is 6.55. The molecule has 114 valence electrons. The molecule has 21 heavy (non-hydrogen) atoms. The van der Waals surface area contributed by atoms with E-state index in [-0.39, 0.29) is 23.8 Å². The maximum atomic E-state index is 12.4. The Hall–Kier alpha value is -1.88. The number of imide groups is 1. The first-order valence-corrected chi connectivity index (χ1v) is 7.19. The van der Waals surface area contributed by atoms with Gasteiger partial charge in [0.2, 0.25) is 5.91 Å². The summed E-state index contributed by atoms with van der Waals surface area (Å²) in [5.41, 5.74) is 0.377. The number of ether oxygens (including phenoxy) is 1. The number of anilines is 1. The minimum Gasteiger partial charge on any atom is -0.494 e. The predicted octanol–water partition coefficient (Wildman–Crippen LogP) is 2.11. The Morgan fingerprint density at radius 3 is 2.38 bits per heavy atom. The van der Waals surface area contributed by atoms with E-state index < -0.39 is 6.04 Å². The van der Waals surface area contributed by atoms with E-state index in [2.05, 4.69) is 5.32 Å². The second-order valence-electron chi connectivity index (χ2n) is 6.15. The zero-order valence-corrected chi connectivity index (χ0v) is 13.0. The summed E-state index contributed by atoms with van der Waals surface area (Å²) in [4.78, 5) is 25.8. The third-order valence-corrected chi connectivity index (χ3v) is 3.16. The lowest BCUT2D eigenvalue weighted by molar-refractivity contribution is -0.121. The number of nitrogens with zero attached hydrogens (tertiary/aromatic N) is 1. The van der Waals surface area contributed by atoms with Crippen LogP contribution >= 0.6 is 0 Å². The van der Waals surface area contributed by atoms with E-state index in [9.17, 15) is 9.59 Å². The molecule has 0 radical (unpaired) electrons. The van der Waals surface area contributed by atoms with Crippen LogP contribution < -0.4 is 15.0 Å². The minimum atomic E-state index is -0.455. The molecule has 1 aromatic carbocycles. The molecule has 1 N–H and O–H groups in total. The SMILES string of the molecule is CCOc1ccc(N2C(=O)CC(NC(C)(C)C)C2=O)cc1. The van der Waals surface area contributed by atoms with Gasteiger partial charge in [0, 0.05) is 5.54 Å². The number of carbonyl (C=O) groups excluding carboxylic acids is 2. The lowest BCUT2D eigenvalue weighted by Crippen LogP contribution is -2.47. The van der Waals surface area contributed by atoms with Crippen LogP contribution in [0, 0.1) is 0 Å². The highest BCUT2D eigenvalue weighted by atomic mass is 16.5. The Kier molecular flexibility index (Phi) is 4.32. The Morgan fingerprint density at radius 2 is 1.86 bits per heavy atom. The molecule has 0 aromatic heterocycles. The van der Waals surface area contributed by atoms with Crippen molar-refractivity contribution in [3.63, 3.8) is 0 Å². The van der Waals surface area contributed by atoms with Crippen LogP contribution in [-0.2, 0) is 9.59 Å². The summed E-state index contributed by atoms with van der Waals surface area (Å²) >= 11 is 0. The van der Waals surface area contributed by atoms with Crippen molar-refractivity contribution < 1.29 is 14.3 Å². The van der Waals surface area contributed by atoms with Crippen molar-refractivity contribution in [1.82, 2.24) is 5.32 Å². The monoisotopic (exact) mass is 290 g/mol. The molecule has 1 fully saturated rings. The van der Waals surface area contributed by atoms with Crippen molar-refractivity contribution in [3.8, 4) is 5.75 Å². The number of benzene rings is 1. The molecule has 1 aliphatic heterocycles. The highest BCUT2D eigenvalue weighted by molar-refractivity contribution is 6.22. The second kappa shape index (κ2) is 5.85. The molecule has 2 amide bonds. The number of rotatable bonds is 4. The smallest absolute Gasteiger partial charge is 0.251 e. The quantitative estimate of drug-likeness (QED) is 0.863. The highest BCUT2D eigenvalue weighted by Crippen LogP contribution is 2.26. The number of amides is 2. The molecule has 1 saturated heterocycles. The third kappa shape index (κ3) is 3.61. The third-order valence-electron chi connectivity index (χ3n) is 3.16. The van der Waals surface area contributed by atoms with Crippen molar-refractivity contribution in [2.45, 2.75) is 45.7 Å². The van der Waals surface area contributed by atoms with E-state index in [1.165, 1.54) is 4.90 Å². The fraction of sp³-hybridized carbons (Fsp3) is 0.500. The Bertz CT molecular complexity index is 531. The average Bonchev–Trinajstić information content (AvgIpc) is 2.64. The molecular weight excluding hydrogens is 268 g/mol. The Balaban J connectivity index is 2.16. The molecule has 1 atom stereocenters. The van der Waals surface area contributed by atoms with Gasteiger partial charge in [0.25, 0.3) is 5.91 Å². The first-order chi connectivity index (χ1) is 9.81. The van der Waals surface area contributed by atoms with Crippen LogP contribution in [0.15, 0.2) is 24.3 Å². The molecule has 5 nitrogen and oxygen atoms in total. The van der Waals surface area contributed by atoms with Gasteiger partial charge in [-0.2, -0.15) is 0 Å². The summed E-state index contributed by atoms with van der Waals surface area (Å²) in [6.45, 7) is 8.42. The van der Waals surface area contributed by atoms with E-state index in [1.807, 2.05) is 27.7 Å². The van der Waals surface area contributed by atoms with Crippen LogP contribution in [-0.4, -0.2) is 30.0 Å². The molecule has 5 heteroatoms. The standard InChI is InChI=1S/C16H22N2O3/c1-5-21-12-8-6-11(7-9-12)18-14(19)10-13(15(18)20)17-16(2,3)4/h6-9,13,17H,5,10H2,1-4H3. The summed E-state index contributed by atoms with van der Waals surface area (Å²) in [7, 11) is 0. The molecule has 2 rings (SSSR count). The van der Waals surface area contributed by atoms with E-state index in [0.717, 1.165) is 5.75 Å². The van der Waals surface area contributed by atoms with Gasteiger partial charge in [-0.15, -0.1) is 0 Å². The summed E-state index contributed by atoms with van der Waals surface area (Å²) in [6.07, 6.45) is 0.198. The number of hydrogen-bond donors (Lipinski definition) is 1. The Labute approximate surface area is 125 Å². The number of carbonyl (C=O) groups is 2. The normalized spacial score (nSPS) is 19.2. The van der Waals surface area contributed by atoms with Crippen molar-refractivity contribution in [3.05, 3.63) is 24.3 Å². The molecular formula is C16H22N2O3. The van der Waals surface area contributed by atoms with Gasteiger partial charge in [0.15, 0.2) is 0 Å². The molecule has 0 saturated carbocycles. The van der Waals surface area contributed by atoms with Crippen molar-refractivity contribution in [1.29, 1.82) is 0 Å². The minimum absolute atomic E-state index is 0.175. The molecule has 1 aliphatic rings.